The summed E-state index contributed by atoms with van der Waals surface area (Å²) in [6.07, 6.45) is 8.31. The van der Waals surface area contributed by atoms with Crippen LogP contribution in [0, 0.1) is 5.41 Å². The van der Waals surface area contributed by atoms with Crippen LogP contribution >= 0.6 is 35.6 Å². The zero-order valence-corrected chi connectivity index (χ0v) is 16.1. The third-order valence-corrected chi connectivity index (χ3v) is 5.07. The van der Waals surface area contributed by atoms with Gasteiger partial charge in [0.25, 0.3) is 0 Å². The molecule has 4 nitrogen and oxygen atoms in total. The summed E-state index contributed by atoms with van der Waals surface area (Å²) >= 11 is 5.80. The highest BCUT2D eigenvalue weighted by Crippen LogP contribution is 2.47. The summed E-state index contributed by atoms with van der Waals surface area (Å²) in [6, 6.07) is 3.87. The second kappa shape index (κ2) is 7.81. The van der Waals surface area contributed by atoms with Crippen molar-refractivity contribution in [2.45, 2.75) is 32.1 Å². The number of nitrogens with zero attached hydrogens (tertiary/aromatic N) is 3. The van der Waals surface area contributed by atoms with Crippen molar-refractivity contribution < 1.29 is 0 Å². The molecule has 6 heteroatoms. The molecule has 122 valence electrons. The number of nitrogens with one attached hydrogen (secondary N) is 1. The van der Waals surface area contributed by atoms with Gasteiger partial charge in [0, 0.05) is 32.9 Å². The lowest BCUT2D eigenvalue weighted by atomic mass is 9.68. The maximum Gasteiger partial charge on any atom is 0.193 e. The van der Waals surface area contributed by atoms with E-state index in [4.69, 9.17) is 11.6 Å². The Hall–Kier alpha value is -0.560. The summed E-state index contributed by atoms with van der Waals surface area (Å²) in [5, 5.41) is 4.02. The van der Waals surface area contributed by atoms with Gasteiger partial charge in [-0.3, -0.25) is 4.99 Å². The predicted octanol–water partition coefficient (Wildman–Crippen LogP) is 3.35. The number of halogens is 2. The van der Waals surface area contributed by atoms with E-state index in [0.717, 1.165) is 25.5 Å². The van der Waals surface area contributed by atoms with E-state index in [9.17, 15) is 0 Å². The third kappa shape index (κ3) is 4.04. The first-order valence-corrected chi connectivity index (χ1v) is 8.15. The molecule has 2 heterocycles. The maximum absolute atomic E-state index is 5.80. The van der Waals surface area contributed by atoms with E-state index >= 15 is 0 Å². The van der Waals surface area contributed by atoms with Crippen LogP contribution in [0.1, 0.15) is 31.2 Å². The molecule has 0 atom stereocenters. The summed E-state index contributed by atoms with van der Waals surface area (Å²) in [5.74, 6) is 1.04. The van der Waals surface area contributed by atoms with Crippen molar-refractivity contribution in [3.63, 3.8) is 0 Å². The summed E-state index contributed by atoms with van der Waals surface area (Å²) < 4.78 is 0. The van der Waals surface area contributed by atoms with Gasteiger partial charge in [-0.25, -0.2) is 4.98 Å². The van der Waals surface area contributed by atoms with E-state index < -0.39 is 0 Å². The molecule has 3 rings (SSSR count). The van der Waals surface area contributed by atoms with Crippen LogP contribution in [-0.4, -0.2) is 42.5 Å². The lowest BCUT2D eigenvalue weighted by Crippen LogP contribution is -2.43. The Bertz CT molecular complexity index is 513. The Morgan fingerprint density at radius 2 is 2.23 bits per heavy atom. The standard InChI is InChI=1S/C16H23ClN4.HI/c1-18-15(21-10-8-16(12-21)6-2-7-16)19-9-5-13-3-4-14(17)20-11-13;/h3-4,11H,2,5-10,12H2,1H3,(H,18,19);1H. The number of pyridine rings is 1. The highest BCUT2D eigenvalue weighted by molar-refractivity contribution is 14.0. The average Bonchev–Trinajstić information content (AvgIpc) is 2.91. The monoisotopic (exact) mass is 434 g/mol. The van der Waals surface area contributed by atoms with Crippen molar-refractivity contribution in [2.75, 3.05) is 26.7 Å². The van der Waals surface area contributed by atoms with Crippen LogP contribution in [0.5, 0.6) is 0 Å². The molecule has 1 aliphatic carbocycles. The number of hydrogen-bond donors (Lipinski definition) is 1. The van der Waals surface area contributed by atoms with Crippen LogP contribution in [-0.2, 0) is 6.42 Å². The number of guanidine groups is 1. The van der Waals surface area contributed by atoms with Crippen LogP contribution in [0.2, 0.25) is 5.15 Å². The topological polar surface area (TPSA) is 40.5 Å². The normalized spacial score (nSPS) is 19.7. The second-order valence-electron chi connectivity index (χ2n) is 6.24. The van der Waals surface area contributed by atoms with E-state index in [1.807, 2.05) is 25.4 Å². The molecular weight excluding hydrogens is 411 g/mol. The SMILES string of the molecule is CN=C(NCCc1ccc(Cl)nc1)N1CCC2(CCC2)C1.I. The molecule has 1 saturated carbocycles. The molecule has 22 heavy (non-hydrogen) atoms. The molecule has 2 fully saturated rings. The van der Waals surface area contributed by atoms with Crippen molar-refractivity contribution in [3.8, 4) is 0 Å². The number of aromatic nitrogens is 1. The summed E-state index contributed by atoms with van der Waals surface area (Å²) in [6.45, 7) is 3.19. The second-order valence-corrected chi connectivity index (χ2v) is 6.63. The van der Waals surface area contributed by atoms with Gasteiger partial charge in [0.05, 0.1) is 0 Å². The quantitative estimate of drug-likeness (QED) is 0.343. The summed E-state index contributed by atoms with van der Waals surface area (Å²) in [4.78, 5) is 11.0. The van der Waals surface area contributed by atoms with E-state index in [0.29, 0.717) is 10.6 Å². The van der Waals surface area contributed by atoms with Crippen LogP contribution in [0.4, 0.5) is 0 Å². The smallest absolute Gasteiger partial charge is 0.193 e. The van der Waals surface area contributed by atoms with Crippen LogP contribution in [0.15, 0.2) is 23.3 Å². The van der Waals surface area contributed by atoms with Crippen LogP contribution < -0.4 is 5.32 Å². The Kier molecular flexibility index (Phi) is 6.32. The molecule has 1 aromatic rings. The minimum absolute atomic E-state index is 0. The molecule has 1 aliphatic heterocycles. The van der Waals surface area contributed by atoms with Gasteiger partial charge in [0.1, 0.15) is 5.15 Å². The molecule has 1 saturated heterocycles. The molecule has 2 aliphatic rings. The first-order valence-electron chi connectivity index (χ1n) is 7.77. The van der Waals surface area contributed by atoms with E-state index in [1.165, 1.54) is 37.8 Å². The summed E-state index contributed by atoms with van der Waals surface area (Å²) in [5.41, 5.74) is 1.80. The zero-order valence-electron chi connectivity index (χ0n) is 13.0. The van der Waals surface area contributed by atoms with Gasteiger partial charge in [-0.2, -0.15) is 0 Å². The molecule has 0 aromatic carbocycles. The molecular formula is C16H24ClIN4. The largest absolute Gasteiger partial charge is 0.356 e. The molecule has 1 N–H and O–H groups in total. The molecule has 0 amide bonds. The van der Waals surface area contributed by atoms with Crippen molar-refractivity contribution in [2.24, 2.45) is 10.4 Å². The molecule has 0 bridgehead atoms. The van der Waals surface area contributed by atoms with Gasteiger partial charge in [-0.05, 0) is 42.7 Å². The fraction of sp³-hybridized carbons (Fsp3) is 0.625. The Morgan fingerprint density at radius 1 is 1.41 bits per heavy atom. The molecule has 0 radical (unpaired) electrons. The van der Waals surface area contributed by atoms with Gasteiger partial charge >= 0.3 is 0 Å². The number of hydrogen-bond acceptors (Lipinski definition) is 2. The molecule has 1 aromatic heterocycles. The van der Waals surface area contributed by atoms with Gasteiger partial charge < -0.3 is 10.2 Å². The zero-order chi connectivity index (χ0) is 14.7. The van der Waals surface area contributed by atoms with Gasteiger partial charge in [-0.15, -0.1) is 24.0 Å². The highest BCUT2D eigenvalue weighted by Gasteiger charge is 2.43. The van der Waals surface area contributed by atoms with Crippen LogP contribution in [0.3, 0.4) is 0 Å². The predicted molar refractivity (Wildman–Crippen MR) is 102 cm³/mol. The fourth-order valence-corrected chi connectivity index (χ4v) is 3.52. The third-order valence-electron chi connectivity index (χ3n) is 4.85. The van der Waals surface area contributed by atoms with Crippen LogP contribution in [0.25, 0.3) is 0 Å². The summed E-state index contributed by atoms with van der Waals surface area (Å²) in [7, 11) is 1.87. The Labute approximate surface area is 154 Å². The van der Waals surface area contributed by atoms with Crippen molar-refractivity contribution in [1.82, 2.24) is 15.2 Å². The molecule has 1 spiro atoms. The van der Waals surface area contributed by atoms with E-state index in [2.05, 4.69) is 20.2 Å². The van der Waals surface area contributed by atoms with Crippen molar-refractivity contribution in [3.05, 3.63) is 29.0 Å². The van der Waals surface area contributed by atoms with Crippen molar-refractivity contribution in [1.29, 1.82) is 0 Å². The highest BCUT2D eigenvalue weighted by atomic mass is 127. The van der Waals surface area contributed by atoms with Gasteiger partial charge in [-0.1, -0.05) is 24.1 Å². The fourth-order valence-electron chi connectivity index (χ4n) is 3.41. The first-order chi connectivity index (χ1) is 10.2. The van der Waals surface area contributed by atoms with Crippen molar-refractivity contribution >= 4 is 41.5 Å². The number of aliphatic imine (C=N–C) groups is 1. The first kappa shape index (κ1) is 17.8. The average molecular weight is 435 g/mol. The van der Waals surface area contributed by atoms with Gasteiger partial charge in [0.15, 0.2) is 5.96 Å². The van der Waals surface area contributed by atoms with E-state index in [-0.39, 0.29) is 24.0 Å². The van der Waals surface area contributed by atoms with Gasteiger partial charge in [0.2, 0.25) is 0 Å². The van der Waals surface area contributed by atoms with E-state index in [1.54, 1.807) is 0 Å². The number of rotatable bonds is 3. The molecule has 0 unspecified atom stereocenters. The minimum Gasteiger partial charge on any atom is -0.356 e. The lowest BCUT2D eigenvalue weighted by molar-refractivity contribution is 0.151. The lowest BCUT2D eigenvalue weighted by Gasteiger charge is -2.38. The Balaban J connectivity index is 0.00000176. The maximum atomic E-state index is 5.80. The Morgan fingerprint density at radius 3 is 2.77 bits per heavy atom. The number of likely N-dealkylation sites (tertiary alicyclic amines) is 1. The minimum atomic E-state index is 0.